The number of rotatable bonds is 6. The number of aliphatic hydroxyl groups is 2. The zero-order valence-electron chi connectivity index (χ0n) is 13.0. The van der Waals surface area contributed by atoms with Gasteiger partial charge in [-0.15, -0.1) is 0 Å². The van der Waals surface area contributed by atoms with Gasteiger partial charge in [-0.25, -0.2) is 4.98 Å². The van der Waals surface area contributed by atoms with E-state index in [1.54, 1.807) is 32.2 Å². The molecule has 1 heterocycles. The molecule has 0 spiro atoms. The van der Waals surface area contributed by atoms with Crippen molar-refractivity contribution in [1.82, 2.24) is 4.98 Å². The van der Waals surface area contributed by atoms with Crippen LogP contribution in [0.4, 0.5) is 0 Å². The predicted octanol–water partition coefficient (Wildman–Crippen LogP) is 2.77. The van der Waals surface area contributed by atoms with Gasteiger partial charge in [0.2, 0.25) is 0 Å². The first-order chi connectivity index (χ1) is 10.9. The van der Waals surface area contributed by atoms with Crippen LogP contribution in [0.3, 0.4) is 0 Å². The number of benzene rings is 1. The third-order valence-electron chi connectivity index (χ3n) is 2.98. The third-order valence-corrected chi connectivity index (χ3v) is 3.21. The second-order valence-corrected chi connectivity index (χ2v) is 6.14. The molecule has 0 saturated carbocycles. The molecule has 5 nitrogen and oxygen atoms in total. The Morgan fingerprint density at radius 1 is 1.17 bits per heavy atom. The van der Waals surface area contributed by atoms with Crippen LogP contribution in [0.2, 0.25) is 5.15 Å². The Morgan fingerprint density at radius 3 is 2.35 bits per heavy atom. The van der Waals surface area contributed by atoms with Crippen molar-refractivity contribution in [2.24, 2.45) is 5.16 Å². The number of hydrogen-bond donors (Lipinski definition) is 2. The first-order valence-electron chi connectivity index (χ1n) is 7.13. The van der Waals surface area contributed by atoms with Crippen LogP contribution in [0, 0.1) is 0 Å². The first kappa shape index (κ1) is 17.4. The molecule has 2 rings (SSSR count). The Kier molecular flexibility index (Phi) is 5.71. The third kappa shape index (κ3) is 5.32. The Labute approximate surface area is 140 Å². The lowest BCUT2D eigenvalue weighted by Gasteiger charge is -2.15. The highest BCUT2D eigenvalue weighted by atomic mass is 35.5. The molecule has 0 atom stereocenters. The van der Waals surface area contributed by atoms with Crippen molar-refractivity contribution in [2.75, 3.05) is 6.61 Å². The van der Waals surface area contributed by atoms with Crippen LogP contribution < -0.4 is 0 Å². The van der Waals surface area contributed by atoms with Crippen LogP contribution in [0.5, 0.6) is 0 Å². The lowest BCUT2D eigenvalue weighted by atomic mass is 10.0. The van der Waals surface area contributed by atoms with E-state index in [1.807, 2.05) is 24.3 Å². The van der Waals surface area contributed by atoms with Crippen LogP contribution >= 0.6 is 11.6 Å². The smallest absolute Gasteiger partial charge is 0.145 e. The molecular formula is C17H19ClN2O3. The molecule has 0 aliphatic rings. The molecule has 0 bridgehead atoms. The second kappa shape index (κ2) is 7.55. The topological polar surface area (TPSA) is 74.9 Å². The lowest BCUT2D eigenvalue weighted by molar-refractivity contribution is -0.0189. The van der Waals surface area contributed by atoms with Crippen molar-refractivity contribution in [3.05, 3.63) is 64.4 Å². The highest BCUT2D eigenvalue weighted by Gasteiger charge is 2.14. The van der Waals surface area contributed by atoms with Gasteiger partial charge in [0.1, 0.15) is 17.5 Å². The van der Waals surface area contributed by atoms with Gasteiger partial charge in [-0.3, -0.25) is 0 Å². The molecule has 23 heavy (non-hydrogen) atoms. The second-order valence-electron chi connectivity index (χ2n) is 5.75. The minimum absolute atomic E-state index is 0.0234. The summed E-state index contributed by atoms with van der Waals surface area (Å²) in [6.45, 7) is 3.32. The summed E-state index contributed by atoms with van der Waals surface area (Å²) in [5, 5.41) is 23.4. The Balaban J connectivity index is 2.33. The van der Waals surface area contributed by atoms with E-state index in [0.29, 0.717) is 10.9 Å². The van der Waals surface area contributed by atoms with E-state index in [4.69, 9.17) is 21.5 Å². The van der Waals surface area contributed by atoms with E-state index in [-0.39, 0.29) is 13.2 Å². The van der Waals surface area contributed by atoms with Crippen LogP contribution in [0.1, 0.15) is 30.5 Å². The minimum Gasteiger partial charge on any atom is -0.392 e. The van der Waals surface area contributed by atoms with Gasteiger partial charge in [0, 0.05) is 17.3 Å². The van der Waals surface area contributed by atoms with Crippen LogP contribution in [-0.2, 0) is 11.4 Å². The first-order valence-corrected chi connectivity index (χ1v) is 7.51. The van der Waals surface area contributed by atoms with Gasteiger partial charge >= 0.3 is 0 Å². The molecule has 0 radical (unpaired) electrons. The van der Waals surface area contributed by atoms with Gasteiger partial charge in [-0.2, -0.15) is 0 Å². The van der Waals surface area contributed by atoms with Crippen molar-refractivity contribution in [1.29, 1.82) is 0 Å². The quantitative estimate of drug-likeness (QED) is 0.484. The molecule has 6 heteroatoms. The van der Waals surface area contributed by atoms with Crippen LogP contribution in [0.15, 0.2) is 47.8 Å². The molecule has 122 valence electrons. The van der Waals surface area contributed by atoms with Crippen LogP contribution in [-0.4, -0.2) is 33.1 Å². The van der Waals surface area contributed by atoms with Crippen molar-refractivity contribution in [2.45, 2.75) is 26.1 Å². The summed E-state index contributed by atoms with van der Waals surface area (Å²) in [7, 11) is 0. The Bertz CT molecular complexity index is 662. The van der Waals surface area contributed by atoms with E-state index in [1.165, 1.54) is 0 Å². The molecule has 0 amide bonds. The minimum atomic E-state index is -0.979. The van der Waals surface area contributed by atoms with Gasteiger partial charge in [-0.05, 0) is 31.5 Å². The molecule has 1 aromatic heterocycles. The molecule has 1 aromatic carbocycles. The largest absolute Gasteiger partial charge is 0.392 e. The fourth-order valence-electron chi connectivity index (χ4n) is 1.81. The fourth-order valence-corrected chi connectivity index (χ4v) is 1.92. The highest BCUT2D eigenvalue weighted by Crippen LogP contribution is 2.15. The normalized spacial score (nSPS) is 12.3. The van der Waals surface area contributed by atoms with E-state index >= 15 is 0 Å². The fraction of sp³-hybridized carbons (Fsp3) is 0.294. The lowest BCUT2D eigenvalue weighted by Crippen LogP contribution is -2.25. The summed E-state index contributed by atoms with van der Waals surface area (Å²) in [6, 6.07) is 10.8. The molecule has 0 aliphatic heterocycles. The molecular weight excluding hydrogens is 316 g/mol. The van der Waals surface area contributed by atoms with Gasteiger partial charge in [0.15, 0.2) is 0 Å². The number of aliphatic hydroxyl groups excluding tert-OH is 1. The number of aromatic nitrogens is 1. The van der Waals surface area contributed by atoms with E-state index in [2.05, 4.69) is 10.1 Å². The summed E-state index contributed by atoms with van der Waals surface area (Å²) < 4.78 is 0. The maximum atomic E-state index is 9.72. The summed E-state index contributed by atoms with van der Waals surface area (Å²) in [6.07, 6.45) is 1.61. The van der Waals surface area contributed by atoms with Crippen molar-refractivity contribution >= 4 is 17.3 Å². The standard InChI is InChI=1S/C17H19ClN2O3/c1-17(2,22)11-23-20-16(14-7-8-15(18)19-9-14)13-5-3-12(10-21)4-6-13/h3-9,21-22H,10-11H2,1-2H3/b20-16-. The maximum absolute atomic E-state index is 9.72. The zero-order chi connectivity index (χ0) is 16.9. The van der Waals surface area contributed by atoms with Crippen molar-refractivity contribution in [3.8, 4) is 0 Å². The van der Waals surface area contributed by atoms with Crippen molar-refractivity contribution in [3.63, 3.8) is 0 Å². The van der Waals surface area contributed by atoms with Gasteiger partial charge in [0.05, 0.1) is 12.2 Å². The number of hydrogen-bond acceptors (Lipinski definition) is 5. The molecule has 2 aromatic rings. The highest BCUT2D eigenvalue weighted by molar-refractivity contribution is 6.29. The van der Waals surface area contributed by atoms with E-state index < -0.39 is 5.60 Å². The molecule has 0 unspecified atom stereocenters. The zero-order valence-corrected chi connectivity index (χ0v) is 13.8. The number of pyridine rings is 1. The molecule has 0 aliphatic carbocycles. The van der Waals surface area contributed by atoms with Gasteiger partial charge in [0.25, 0.3) is 0 Å². The van der Waals surface area contributed by atoms with Crippen molar-refractivity contribution < 1.29 is 15.1 Å². The van der Waals surface area contributed by atoms with E-state index in [9.17, 15) is 5.11 Å². The summed E-state index contributed by atoms with van der Waals surface area (Å²) in [5.74, 6) is 0. The number of oxime groups is 1. The van der Waals surface area contributed by atoms with Crippen LogP contribution in [0.25, 0.3) is 0 Å². The van der Waals surface area contributed by atoms with Gasteiger partial charge in [-0.1, -0.05) is 41.0 Å². The van der Waals surface area contributed by atoms with Gasteiger partial charge < -0.3 is 15.1 Å². The average molecular weight is 335 g/mol. The monoisotopic (exact) mass is 334 g/mol. The van der Waals surface area contributed by atoms with E-state index in [0.717, 1.165) is 16.7 Å². The summed E-state index contributed by atoms with van der Waals surface area (Å²) in [4.78, 5) is 9.34. The predicted molar refractivity (Wildman–Crippen MR) is 89.5 cm³/mol. The Morgan fingerprint density at radius 2 is 1.83 bits per heavy atom. The average Bonchev–Trinajstić information content (AvgIpc) is 2.52. The number of nitrogens with zero attached hydrogens (tertiary/aromatic N) is 2. The maximum Gasteiger partial charge on any atom is 0.145 e. The summed E-state index contributed by atoms with van der Waals surface area (Å²) in [5.41, 5.74) is 1.94. The molecule has 0 saturated heterocycles. The molecule has 0 fully saturated rings. The molecule has 2 N–H and O–H groups in total. The summed E-state index contributed by atoms with van der Waals surface area (Å²) >= 11 is 5.82. The number of halogens is 1. The Hall–Kier alpha value is -1.95. The SMILES string of the molecule is CC(C)(O)CO/N=C(/c1ccc(CO)cc1)c1ccc(Cl)nc1.